The SMILES string of the molecule is O=S(=O)(c1cc(F)ccc1NCC(F)F)C(F)(F)F. The number of benzene rings is 1. The predicted octanol–water partition coefficient (Wildman–Crippen LogP) is 2.80. The van der Waals surface area contributed by atoms with Gasteiger partial charge in [-0.25, -0.2) is 21.6 Å². The van der Waals surface area contributed by atoms with Crippen molar-refractivity contribution in [2.24, 2.45) is 0 Å². The van der Waals surface area contributed by atoms with Crippen molar-refractivity contribution in [3.05, 3.63) is 24.0 Å². The molecule has 1 N–H and O–H groups in total. The Labute approximate surface area is 104 Å². The molecule has 0 radical (unpaired) electrons. The third-order valence-corrected chi connectivity index (χ3v) is 3.51. The summed E-state index contributed by atoms with van der Waals surface area (Å²) in [5.74, 6) is -1.23. The number of hydrogen-bond donors (Lipinski definition) is 1. The number of nitrogens with one attached hydrogen (secondary N) is 1. The average Bonchev–Trinajstić information content (AvgIpc) is 2.25. The molecule has 0 unspecified atom stereocenters. The summed E-state index contributed by atoms with van der Waals surface area (Å²) < 4.78 is 96.1. The second-order valence-corrected chi connectivity index (χ2v) is 5.27. The molecule has 0 aliphatic carbocycles. The summed E-state index contributed by atoms with van der Waals surface area (Å²) in [6, 6.07) is 1.43. The van der Waals surface area contributed by atoms with Crippen molar-refractivity contribution in [3.63, 3.8) is 0 Å². The molecule has 0 bridgehead atoms. The summed E-state index contributed by atoms with van der Waals surface area (Å²) in [5.41, 5.74) is -6.39. The van der Waals surface area contributed by atoms with Crippen molar-refractivity contribution in [1.29, 1.82) is 0 Å². The Kier molecular flexibility index (Phi) is 4.33. The number of halogens is 6. The van der Waals surface area contributed by atoms with Crippen molar-refractivity contribution in [2.45, 2.75) is 16.8 Å². The maximum absolute atomic E-state index is 12.9. The normalized spacial score (nSPS) is 12.8. The zero-order valence-corrected chi connectivity index (χ0v) is 9.83. The van der Waals surface area contributed by atoms with Crippen LogP contribution in [0.4, 0.5) is 32.0 Å². The van der Waals surface area contributed by atoms with Gasteiger partial charge in [-0.3, -0.25) is 0 Å². The molecule has 0 heterocycles. The molecule has 0 spiro atoms. The molecular formula is C9H7F6NO2S. The first-order valence-corrected chi connectivity index (χ1v) is 6.17. The smallest absolute Gasteiger partial charge is 0.378 e. The molecule has 0 aliphatic heterocycles. The van der Waals surface area contributed by atoms with E-state index >= 15 is 0 Å². The fourth-order valence-electron chi connectivity index (χ4n) is 1.18. The first-order chi connectivity index (χ1) is 8.55. The first kappa shape index (κ1) is 15.6. The number of anilines is 1. The topological polar surface area (TPSA) is 46.2 Å². The molecule has 1 aromatic rings. The van der Waals surface area contributed by atoms with Gasteiger partial charge in [0.25, 0.3) is 16.3 Å². The van der Waals surface area contributed by atoms with Gasteiger partial charge in [0.2, 0.25) is 0 Å². The molecule has 1 aromatic carbocycles. The fourth-order valence-corrected chi connectivity index (χ4v) is 2.12. The van der Waals surface area contributed by atoms with E-state index in [-0.39, 0.29) is 6.07 Å². The van der Waals surface area contributed by atoms with Crippen LogP contribution in [0.3, 0.4) is 0 Å². The highest BCUT2D eigenvalue weighted by Crippen LogP contribution is 2.34. The Morgan fingerprint density at radius 1 is 1.21 bits per heavy atom. The number of rotatable bonds is 4. The Morgan fingerprint density at radius 2 is 1.79 bits per heavy atom. The Balaban J connectivity index is 3.29. The summed E-state index contributed by atoms with van der Waals surface area (Å²) in [4.78, 5) is -1.43. The molecule has 10 heteroatoms. The summed E-state index contributed by atoms with van der Waals surface area (Å²) in [6.07, 6.45) is -2.91. The van der Waals surface area contributed by atoms with E-state index in [9.17, 15) is 34.8 Å². The second kappa shape index (κ2) is 5.27. The molecule has 108 valence electrons. The monoisotopic (exact) mass is 307 g/mol. The number of sulfone groups is 1. The summed E-state index contributed by atoms with van der Waals surface area (Å²) in [6.45, 7) is -1.06. The molecule has 19 heavy (non-hydrogen) atoms. The first-order valence-electron chi connectivity index (χ1n) is 4.68. The molecule has 0 atom stereocenters. The lowest BCUT2D eigenvalue weighted by Crippen LogP contribution is -2.25. The minimum Gasteiger partial charge on any atom is -0.378 e. The van der Waals surface area contributed by atoms with Gasteiger partial charge in [-0.1, -0.05) is 0 Å². The largest absolute Gasteiger partial charge is 0.501 e. The van der Waals surface area contributed by atoms with Crippen LogP contribution >= 0.6 is 0 Å². The zero-order chi connectivity index (χ0) is 14.8. The van der Waals surface area contributed by atoms with Gasteiger partial charge in [0.15, 0.2) is 0 Å². The van der Waals surface area contributed by atoms with E-state index in [1.165, 1.54) is 0 Å². The highest BCUT2D eigenvalue weighted by Gasteiger charge is 2.48. The van der Waals surface area contributed by atoms with Crippen LogP contribution in [0.25, 0.3) is 0 Å². The molecule has 1 rings (SSSR count). The average molecular weight is 307 g/mol. The molecule has 0 aliphatic rings. The second-order valence-electron chi connectivity index (χ2n) is 3.36. The van der Waals surface area contributed by atoms with Crippen LogP contribution in [-0.4, -0.2) is 26.9 Å². The van der Waals surface area contributed by atoms with Gasteiger partial charge in [0, 0.05) is 0 Å². The van der Waals surface area contributed by atoms with Crippen molar-refractivity contribution in [2.75, 3.05) is 11.9 Å². The van der Waals surface area contributed by atoms with Gasteiger partial charge < -0.3 is 5.32 Å². The maximum atomic E-state index is 12.9. The van der Waals surface area contributed by atoms with Gasteiger partial charge in [-0.2, -0.15) is 13.2 Å². The number of hydrogen-bond acceptors (Lipinski definition) is 3. The maximum Gasteiger partial charge on any atom is 0.501 e. The van der Waals surface area contributed by atoms with Crippen LogP contribution < -0.4 is 5.32 Å². The number of alkyl halides is 5. The zero-order valence-electron chi connectivity index (χ0n) is 9.01. The van der Waals surface area contributed by atoms with Crippen LogP contribution in [-0.2, 0) is 9.84 Å². The quantitative estimate of drug-likeness (QED) is 0.870. The standard InChI is InChI=1S/C9H7F6NO2S/c10-5-1-2-6(16-4-8(11)12)7(3-5)19(17,18)9(13,14)15/h1-3,8,16H,4H2. The van der Waals surface area contributed by atoms with E-state index < -0.39 is 44.7 Å². The Morgan fingerprint density at radius 3 is 2.26 bits per heavy atom. The van der Waals surface area contributed by atoms with Crippen molar-refractivity contribution >= 4 is 15.5 Å². The Bertz CT molecular complexity index is 554. The van der Waals surface area contributed by atoms with Crippen LogP contribution in [0.2, 0.25) is 0 Å². The fraction of sp³-hybridized carbons (Fsp3) is 0.333. The van der Waals surface area contributed by atoms with Crippen LogP contribution in [0.15, 0.2) is 23.1 Å². The molecule has 0 aromatic heterocycles. The third-order valence-electron chi connectivity index (χ3n) is 1.98. The molecule has 0 saturated heterocycles. The summed E-state index contributed by atoms with van der Waals surface area (Å²) in [7, 11) is -5.82. The highest BCUT2D eigenvalue weighted by molar-refractivity contribution is 7.92. The molecule has 0 fully saturated rings. The molecule has 0 saturated carbocycles. The van der Waals surface area contributed by atoms with Gasteiger partial charge in [0.05, 0.1) is 12.2 Å². The third kappa shape index (κ3) is 3.52. The van der Waals surface area contributed by atoms with Crippen LogP contribution in [0.1, 0.15) is 0 Å². The van der Waals surface area contributed by atoms with E-state index in [4.69, 9.17) is 0 Å². The minimum atomic E-state index is -5.82. The predicted molar refractivity (Wildman–Crippen MR) is 54.1 cm³/mol. The van der Waals surface area contributed by atoms with Gasteiger partial charge in [-0.05, 0) is 18.2 Å². The lowest BCUT2D eigenvalue weighted by Gasteiger charge is -2.14. The minimum absolute atomic E-state index is 0.122. The van der Waals surface area contributed by atoms with Gasteiger partial charge >= 0.3 is 5.51 Å². The van der Waals surface area contributed by atoms with E-state index in [0.29, 0.717) is 12.1 Å². The van der Waals surface area contributed by atoms with E-state index in [0.717, 1.165) is 0 Å². The van der Waals surface area contributed by atoms with Gasteiger partial charge in [-0.15, -0.1) is 0 Å². The van der Waals surface area contributed by atoms with Gasteiger partial charge in [0.1, 0.15) is 10.7 Å². The summed E-state index contributed by atoms with van der Waals surface area (Å²) in [5, 5.41) is 1.82. The van der Waals surface area contributed by atoms with E-state index in [1.54, 1.807) is 0 Å². The van der Waals surface area contributed by atoms with Crippen molar-refractivity contribution in [3.8, 4) is 0 Å². The van der Waals surface area contributed by atoms with Crippen LogP contribution in [0.5, 0.6) is 0 Å². The van der Waals surface area contributed by atoms with Crippen LogP contribution in [0, 0.1) is 5.82 Å². The lowest BCUT2D eigenvalue weighted by molar-refractivity contribution is -0.0435. The van der Waals surface area contributed by atoms with Crippen molar-refractivity contribution < 1.29 is 34.8 Å². The summed E-state index contributed by atoms with van der Waals surface area (Å²) >= 11 is 0. The van der Waals surface area contributed by atoms with E-state index in [2.05, 4.69) is 0 Å². The van der Waals surface area contributed by atoms with Crippen molar-refractivity contribution in [1.82, 2.24) is 0 Å². The molecule has 3 nitrogen and oxygen atoms in total. The lowest BCUT2D eigenvalue weighted by atomic mass is 10.3. The van der Waals surface area contributed by atoms with E-state index in [1.807, 2.05) is 5.32 Å². The Hall–Kier alpha value is -1.45. The molecular weight excluding hydrogens is 300 g/mol. The molecule has 0 amide bonds. The highest BCUT2D eigenvalue weighted by atomic mass is 32.2.